The van der Waals surface area contributed by atoms with Gasteiger partial charge in [-0.3, -0.25) is 0 Å². The quantitative estimate of drug-likeness (QED) is 0.483. The number of quaternary nitrogens is 1. The Balaban J connectivity index is 0.00000441. The van der Waals surface area contributed by atoms with E-state index in [9.17, 15) is 4.79 Å². The maximum Gasteiger partial charge on any atom is 0.331 e. The molecule has 22 heavy (non-hydrogen) atoms. The smallest absolute Gasteiger partial charge is 0.331 e. The van der Waals surface area contributed by atoms with Gasteiger partial charge in [-0.1, -0.05) is 30.3 Å². The monoisotopic (exact) mass is 325 g/mol. The molecule has 0 radical (unpaired) electrons. The topological polar surface area (TPSA) is 30.7 Å². The van der Waals surface area contributed by atoms with Crippen molar-refractivity contribution in [2.24, 2.45) is 0 Å². The Hall–Kier alpha value is -1.32. The highest BCUT2D eigenvalue weighted by atomic mass is 35.5. The van der Waals surface area contributed by atoms with E-state index in [2.05, 4.69) is 13.8 Å². The van der Waals surface area contributed by atoms with Crippen molar-refractivity contribution in [3.63, 3.8) is 0 Å². The van der Waals surface area contributed by atoms with Gasteiger partial charge in [0.05, 0.1) is 25.7 Å². The predicted molar refractivity (Wildman–Crippen MR) is 87.2 cm³/mol. The van der Waals surface area contributed by atoms with Crippen LogP contribution in [0.3, 0.4) is 0 Å². The van der Waals surface area contributed by atoms with Crippen LogP contribution in [0.15, 0.2) is 36.4 Å². The summed E-state index contributed by atoms with van der Waals surface area (Å²) in [6.07, 6.45) is 5.28. The van der Waals surface area contributed by atoms with Gasteiger partial charge < -0.3 is 22.0 Å². The van der Waals surface area contributed by atoms with Gasteiger partial charge in [0.25, 0.3) is 0 Å². The number of nitrogens with one attached hydrogen (secondary N) is 1. The van der Waals surface area contributed by atoms with Crippen molar-refractivity contribution < 1.29 is 26.8 Å². The molecule has 1 N–H and O–H groups in total. The molecule has 0 amide bonds. The highest BCUT2D eigenvalue weighted by molar-refractivity contribution is 5.87. The zero-order valence-electron chi connectivity index (χ0n) is 13.8. The molecular weight excluding hydrogens is 298 g/mol. The summed E-state index contributed by atoms with van der Waals surface area (Å²) in [5.74, 6) is -0.262. The van der Waals surface area contributed by atoms with Gasteiger partial charge in [-0.25, -0.2) is 4.79 Å². The average molecular weight is 326 g/mol. The van der Waals surface area contributed by atoms with E-state index >= 15 is 0 Å². The standard InChI is InChI=1S/C18H27NO2.ClH/c1-4-19(5-2)15-9-10-16(3)21-18(20)14-13-17-11-7-6-8-12-17;/h6-8,11-14,16H,4-5,9-10,15H2,1-3H3;1H/b14-13+;. The largest absolute Gasteiger partial charge is 1.00 e. The summed E-state index contributed by atoms with van der Waals surface area (Å²) in [5.41, 5.74) is 1.01. The van der Waals surface area contributed by atoms with Crippen molar-refractivity contribution in [1.29, 1.82) is 0 Å². The predicted octanol–water partition coefficient (Wildman–Crippen LogP) is -0.660. The highest BCUT2D eigenvalue weighted by Crippen LogP contribution is 2.04. The van der Waals surface area contributed by atoms with E-state index in [1.807, 2.05) is 37.3 Å². The number of esters is 1. The molecule has 0 saturated carbocycles. The number of hydrogen-bond acceptors (Lipinski definition) is 2. The van der Waals surface area contributed by atoms with E-state index in [0.29, 0.717) is 0 Å². The lowest BCUT2D eigenvalue weighted by molar-refractivity contribution is -0.896. The van der Waals surface area contributed by atoms with Crippen LogP contribution in [0.5, 0.6) is 0 Å². The summed E-state index contributed by atoms with van der Waals surface area (Å²) in [5, 5.41) is 0. The van der Waals surface area contributed by atoms with E-state index in [0.717, 1.165) is 38.0 Å². The first kappa shape index (κ1) is 20.7. The molecule has 124 valence electrons. The van der Waals surface area contributed by atoms with Crippen molar-refractivity contribution in [3.8, 4) is 0 Å². The fourth-order valence-electron chi connectivity index (χ4n) is 2.27. The van der Waals surface area contributed by atoms with Gasteiger partial charge in [0, 0.05) is 6.08 Å². The second-order valence-electron chi connectivity index (χ2n) is 5.34. The number of benzene rings is 1. The normalized spacial score (nSPS) is 12.2. The molecule has 1 aromatic carbocycles. The number of carbonyl (C=O) groups is 1. The van der Waals surface area contributed by atoms with Crippen LogP contribution in [0.25, 0.3) is 6.08 Å². The van der Waals surface area contributed by atoms with Crippen LogP contribution >= 0.6 is 0 Å². The third kappa shape index (κ3) is 8.85. The van der Waals surface area contributed by atoms with E-state index in [1.165, 1.54) is 6.08 Å². The highest BCUT2D eigenvalue weighted by Gasteiger charge is 2.09. The lowest BCUT2D eigenvalue weighted by atomic mass is 10.2. The molecule has 0 aliphatic carbocycles. The summed E-state index contributed by atoms with van der Waals surface area (Å²) >= 11 is 0. The number of rotatable bonds is 9. The summed E-state index contributed by atoms with van der Waals surface area (Å²) in [6, 6.07) is 9.77. The molecule has 0 aromatic heterocycles. The summed E-state index contributed by atoms with van der Waals surface area (Å²) in [4.78, 5) is 13.3. The Morgan fingerprint density at radius 2 is 1.86 bits per heavy atom. The average Bonchev–Trinajstić information content (AvgIpc) is 2.50. The van der Waals surface area contributed by atoms with Gasteiger partial charge in [0.15, 0.2) is 0 Å². The molecule has 0 spiro atoms. The molecule has 0 saturated heterocycles. The van der Waals surface area contributed by atoms with Gasteiger partial charge in [-0.05, 0) is 45.3 Å². The van der Waals surface area contributed by atoms with Gasteiger partial charge in [0.1, 0.15) is 0 Å². The molecule has 1 atom stereocenters. The lowest BCUT2D eigenvalue weighted by Crippen LogP contribution is -3.11. The maximum absolute atomic E-state index is 11.7. The van der Waals surface area contributed by atoms with Crippen LogP contribution in [0, 0.1) is 0 Å². The summed E-state index contributed by atoms with van der Waals surface area (Å²) in [7, 11) is 0. The Kier molecular flexibility index (Phi) is 11.5. The zero-order valence-corrected chi connectivity index (χ0v) is 14.6. The summed E-state index contributed by atoms with van der Waals surface area (Å²) < 4.78 is 5.39. The lowest BCUT2D eigenvalue weighted by Gasteiger charge is -2.17. The Morgan fingerprint density at radius 3 is 2.45 bits per heavy atom. The molecule has 0 bridgehead atoms. The minimum Gasteiger partial charge on any atom is -1.00 e. The van der Waals surface area contributed by atoms with Crippen LogP contribution in [0.1, 0.15) is 39.2 Å². The number of hydrogen-bond donors (Lipinski definition) is 1. The maximum atomic E-state index is 11.7. The fraction of sp³-hybridized carbons (Fsp3) is 0.500. The van der Waals surface area contributed by atoms with Crippen molar-refractivity contribution in [3.05, 3.63) is 42.0 Å². The van der Waals surface area contributed by atoms with E-state index in [1.54, 1.807) is 11.0 Å². The van der Waals surface area contributed by atoms with E-state index in [4.69, 9.17) is 4.74 Å². The number of ether oxygens (including phenoxy) is 1. The minimum absolute atomic E-state index is 0. The molecule has 1 aromatic rings. The first-order valence-corrected chi connectivity index (χ1v) is 7.93. The molecular formula is C18H28ClNO2. The molecule has 0 fully saturated rings. The van der Waals surface area contributed by atoms with E-state index in [-0.39, 0.29) is 24.5 Å². The third-order valence-electron chi connectivity index (χ3n) is 3.67. The van der Waals surface area contributed by atoms with Gasteiger partial charge in [-0.15, -0.1) is 0 Å². The summed E-state index contributed by atoms with van der Waals surface area (Å²) in [6.45, 7) is 9.84. The van der Waals surface area contributed by atoms with Crippen molar-refractivity contribution in [1.82, 2.24) is 0 Å². The SMILES string of the molecule is CC[NH+](CC)CCCC(C)OC(=O)/C=C/c1ccccc1.[Cl-]. The van der Waals surface area contributed by atoms with Crippen LogP contribution in [-0.4, -0.2) is 31.7 Å². The Labute approximate surface area is 140 Å². The molecule has 1 rings (SSSR count). The Bertz CT molecular complexity index is 430. The zero-order chi connectivity index (χ0) is 15.5. The first-order chi connectivity index (χ1) is 10.2. The molecule has 3 nitrogen and oxygen atoms in total. The van der Waals surface area contributed by atoms with E-state index < -0.39 is 0 Å². The van der Waals surface area contributed by atoms with Gasteiger partial charge in [0.2, 0.25) is 0 Å². The molecule has 0 aliphatic heterocycles. The van der Waals surface area contributed by atoms with Crippen molar-refractivity contribution in [2.75, 3.05) is 19.6 Å². The minimum atomic E-state index is -0.262. The van der Waals surface area contributed by atoms with Crippen molar-refractivity contribution >= 4 is 12.0 Å². The first-order valence-electron chi connectivity index (χ1n) is 7.93. The second-order valence-corrected chi connectivity index (χ2v) is 5.34. The van der Waals surface area contributed by atoms with Gasteiger partial charge >= 0.3 is 5.97 Å². The number of halogens is 1. The second kappa shape index (κ2) is 12.2. The molecule has 0 heterocycles. The fourth-order valence-corrected chi connectivity index (χ4v) is 2.27. The molecule has 0 aliphatic rings. The molecule has 1 unspecified atom stereocenters. The van der Waals surface area contributed by atoms with Crippen LogP contribution in [-0.2, 0) is 9.53 Å². The van der Waals surface area contributed by atoms with Gasteiger partial charge in [-0.2, -0.15) is 0 Å². The number of carbonyl (C=O) groups excluding carboxylic acids is 1. The van der Waals surface area contributed by atoms with Crippen LogP contribution in [0.4, 0.5) is 0 Å². The van der Waals surface area contributed by atoms with Crippen LogP contribution in [0.2, 0.25) is 0 Å². The Morgan fingerprint density at radius 1 is 1.23 bits per heavy atom. The van der Waals surface area contributed by atoms with Crippen molar-refractivity contribution in [2.45, 2.75) is 39.7 Å². The third-order valence-corrected chi connectivity index (χ3v) is 3.67. The van der Waals surface area contributed by atoms with Crippen LogP contribution < -0.4 is 17.3 Å². The molecule has 4 heteroatoms.